The largest absolute Gasteiger partial charge is 0.481 e. The van der Waals surface area contributed by atoms with Gasteiger partial charge in [-0.25, -0.2) is 4.98 Å². The van der Waals surface area contributed by atoms with E-state index in [0.717, 1.165) is 0 Å². The molecule has 6 N–H and O–H groups in total. The first kappa shape index (κ1) is 22.1. The van der Waals surface area contributed by atoms with Crippen LogP contribution in [-0.4, -0.2) is 50.8 Å². The fourth-order valence-electron chi connectivity index (χ4n) is 2.48. The predicted molar refractivity (Wildman–Crippen MR) is 96.3 cm³/mol. The van der Waals surface area contributed by atoms with Crippen molar-refractivity contribution in [2.45, 2.75) is 58.0 Å². The number of H-pyrrole nitrogens is 1. The molecule has 0 bridgehead atoms. The summed E-state index contributed by atoms with van der Waals surface area (Å²) in [7, 11) is 0. The SMILES string of the molecule is CC(C)CC(NC(=O)C(Cc1cnc[nH]1)NC(=O)CCCC(=O)O)C(N)=O. The number of nitrogens with two attached hydrogens (primary N) is 1. The molecular formula is C17H27N5O5. The zero-order valence-corrected chi connectivity index (χ0v) is 15.5. The van der Waals surface area contributed by atoms with Crippen LogP contribution in [0.15, 0.2) is 12.5 Å². The zero-order valence-electron chi connectivity index (χ0n) is 15.5. The Morgan fingerprint density at radius 3 is 2.41 bits per heavy atom. The highest BCUT2D eigenvalue weighted by atomic mass is 16.4. The van der Waals surface area contributed by atoms with Gasteiger partial charge in [-0.05, 0) is 18.8 Å². The van der Waals surface area contributed by atoms with Crippen molar-refractivity contribution in [2.24, 2.45) is 11.7 Å². The van der Waals surface area contributed by atoms with Gasteiger partial charge in [-0.2, -0.15) is 0 Å². The van der Waals surface area contributed by atoms with E-state index in [0.29, 0.717) is 12.1 Å². The number of carbonyl (C=O) groups is 4. The summed E-state index contributed by atoms with van der Waals surface area (Å²) >= 11 is 0. The quantitative estimate of drug-likeness (QED) is 0.333. The summed E-state index contributed by atoms with van der Waals surface area (Å²) in [5.41, 5.74) is 5.98. The number of primary amides is 1. The Bertz CT molecular complexity index is 644. The molecule has 0 fully saturated rings. The molecule has 2 unspecified atom stereocenters. The molecular weight excluding hydrogens is 354 g/mol. The molecule has 27 heavy (non-hydrogen) atoms. The fourth-order valence-corrected chi connectivity index (χ4v) is 2.48. The number of aromatic amines is 1. The number of carboxylic acids is 1. The highest BCUT2D eigenvalue weighted by Crippen LogP contribution is 2.07. The maximum Gasteiger partial charge on any atom is 0.303 e. The van der Waals surface area contributed by atoms with Gasteiger partial charge in [0.1, 0.15) is 12.1 Å². The van der Waals surface area contributed by atoms with Crippen LogP contribution in [0, 0.1) is 5.92 Å². The van der Waals surface area contributed by atoms with Gasteiger partial charge in [0.15, 0.2) is 0 Å². The van der Waals surface area contributed by atoms with E-state index in [-0.39, 0.29) is 31.6 Å². The first-order valence-electron chi connectivity index (χ1n) is 8.77. The van der Waals surface area contributed by atoms with Gasteiger partial charge >= 0.3 is 5.97 Å². The van der Waals surface area contributed by atoms with E-state index >= 15 is 0 Å². The number of carboxylic acid groups (broad SMARTS) is 1. The molecule has 3 amide bonds. The van der Waals surface area contributed by atoms with Crippen LogP contribution in [0.4, 0.5) is 0 Å². The van der Waals surface area contributed by atoms with E-state index in [9.17, 15) is 19.2 Å². The summed E-state index contributed by atoms with van der Waals surface area (Å²) in [4.78, 5) is 53.5. The number of carbonyl (C=O) groups excluding carboxylic acids is 3. The summed E-state index contributed by atoms with van der Waals surface area (Å²) in [5.74, 6) is -2.49. The van der Waals surface area contributed by atoms with Gasteiger partial charge in [-0.3, -0.25) is 19.2 Å². The Hall–Kier alpha value is -2.91. The summed E-state index contributed by atoms with van der Waals surface area (Å²) in [6.45, 7) is 3.79. The number of aromatic nitrogens is 2. The Kier molecular flexibility index (Phi) is 8.97. The van der Waals surface area contributed by atoms with Crippen molar-refractivity contribution in [3.8, 4) is 0 Å². The second kappa shape index (κ2) is 10.9. The number of nitrogens with one attached hydrogen (secondary N) is 3. The molecule has 10 heteroatoms. The van der Waals surface area contributed by atoms with Crippen LogP contribution in [0.3, 0.4) is 0 Å². The zero-order chi connectivity index (χ0) is 20.4. The van der Waals surface area contributed by atoms with Crippen molar-refractivity contribution in [2.75, 3.05) is 0 Å². The minimum atomic E-state index is -0.993. The van der Waals surface area contributed by atoms with Crippen LogP contribution in [0.25, 0.3) is 0 Å². The molecule has 0 spiro atoms. The molecule has 0 radical (unpaired) electrons. The van der Waals surface area contributed by atoms with E-state index in [4.69, 9.17) is 10.8 Å². The van der Waals surface area contributed by atoms with Gasteiger partial charge in [-0.1, -0.05) is 13.8 Å². The van der Waals surface area contributed by atoms with Crippen molar-refractivity contribution in [1.82, 2.24) is 20.6 Å². The Labute approximate surface area is 157 Å². The highest BCUT2D eigenvalue weighted by molar-refractivity contribution is 5.91. The summed E-state index contributed by atoms with van der Waals surface area (Å²) in [6, 6.07) is -1.79. The molecule has 150 valence electrons. The second-order valence-corrected chi connectivity index (χ2v) is 6.74. The first-order valence-corrected chi connectivity index (χ1v) is 8.77. The Morgan fingerprint density at radius 1 is 1.19 bits per heavy atom. The van der Waals surface area contributed by atoms with Crippen molar-refractivity contribution >= 4 is 23.7 Å². The molecule has 0 aliphatic rings. The third-order valence-electron chi connectivity index (χ3n) is 3.79. The van der Waals surface area contributed by atoms with Gasteiger partial charge in [0.05, 0.1) is 6.33 Å². The number of hydrogen-bond acceptors (Lipinski definition) is 5. The number of hydrogen-bond donors (Lipinski definition) is 5. The van der Waals surface area contributed by atoms with Crippen LogP contribution >= 0.6 is 0 Å². The Balaban J connectivity index is 2.77. The van der Waals surface area contributed by atoms with Crippen LogP contribution in [0.2, 0.25) is 0 Å². The standard InChI is InChI=1S/C17H27N5O5/c1-10(2)6-12(16(18)26)22-17(27)13(7-11-8-19-9-20-11)21-14(23)4-3-5-15(24)25/h8-10,12-13H,3-7H2,1-2H3,(H2,18,26)(H,19,20)(H,21,23)(H,22,27)(H,24,25). The van der Waals surface area contributed by atoms with E-state index in [1.807, 2.05) is 13.8 Å². The third kappa shape index (κ3) is 8.84. The molecule has 1 rings (SSSR count). The number of rotatable bonds is 12. The monoisotopic (exact) mass is 381 g/mol. The lowest BCUT2D eigenvalue weighted by Crippen LogP contribution is -2.54. The maximum absolute atomic E-state index is 12.6. The number of amides is 3. The average molecular weight is 381 g/mol. The van der Waals surface area contributed by atoms with Gasteiger partial charge < -0.3 is 26.5 Å². The van der Waals surface area contributed by atoms with Gasteiger partial charge in [0.25, 0.3) is 0 Å². The number of imidazole rings is 1. The summed E-state index contributed by atoms with van der Waals surface area (Å²) in [5, 5.41) is 13.8. The van der Waals surface area contributed by atoms with Crippen LogP contribution in [0.1, 0.15) is 45.2 Å². The number of nitrogens with zero attached hydrogens (tertiary/aromatic N) is 1. The van der Waals surface area contributed by atoms with Crippen LogP contribution in [0.5, 0.6) is 0 Å². The summed E-state index contributed by atoms with van der Waals surface area (Å²) in [6.07, 6.45) is 3.50. The molecule has 1 aromatic heterocycles. The topological polar surface area (TPSA) is 167 Å². The van der Waals surface area contributed by atoms with E-state index in [1.54, 1.807) is 0 Å². The van der Waals surface area contributed by atoms with E-state index in [1.165, 1.54) is 12.5 Å². The van der Waals surface area contributed by atoms with Crippen molar-refractivity contribution in [3.05, 3.63) is 18.2 Å². The van der Waals surface area contributed by atoms with Crippen molar-refractivity contribution in [3.63, 3.8) is 0 Å². The smallest absolute Gasteiger partial charge is 0.303 e. The molecule has 1 aromatic rings. The van der Waals surface area contributed by atoms with E-state index < -0.39 is 35.8 Å². The maximum atomic E-state index is 12.6. The summed E-state index contributed by atoms with van der Waals surface area (Å²) < 4.78 is 0. The molecule has 0 aliphatic heterocycles. The Morgan fingerprint density at radius 2 is 1.89 bits per heavy atom. The van der Waals surface area contributed by atoms with Gasteiger partial charge in [0, 0.05) is 31.2 Å². The molecule has 10 nitrogen and oxygen atoms in total. The second-order valence-electron chi connectivity index (χ2n) is 6.74. The van der Waals surface area contributed by atoms with Crippen LogP contribution in [-0.2, 0) is 25.6 Å². The van der Waals surface area contributed by atoms with Gasteiger partial charge in [0.2, 0.25) is 17.7 Å². The highest BCUT2D eigenvalue weighted by Gasteiger charge is 2.26. The first-order chi connectivity index (χ1) is 12.7. The lowest BCUT2D eigenvalue weighted by Gasteiger charge is -2.22. The van der Waals surface area contributed by atoms with Crippen molar-refractivity contribution in [1.29, 1.82) is 0 Å². The molecule has 0 saturated heterocycles. The molecule has 1 heterocycles. The van der Waals surface area contributed by atoms with Crippen LogP contribution < -0.4 is 16.4 Å². The molecule has 0 aliphatic carbocycles. The van der Waals surface area contributed by atoms with E-state index in [2.05, 4.69) is 20.6 Å². The fraction of sp³-hybridized carbons (Fsp3) is 0.588. The lowest BCUT2D eigenvalue weighted by molar-refractivity contribution is -0.137. The molecule has 2 atom stereocenters. The lowest BCUT2D eigenvalue weighted by atomic mass is 10.0. The number of aliphatic carboxylic acids is 1. The van der Waals surface area contributed by atoms with Crippen molar-refractivity contribution < 1.29 is 24.3 Å². The molecule has 0 saturated carbocycles. The minimum absolute atomic E-state index is 0.0235. The molecule has 0 aromatic carbocycles. The van der Waals surface area contributed by atoms with Gasteiger partial charge in [-0.15, -0.1) is 0 Å². The minimum Gasteiger partial charge on any atom is -0.481 e. The predicted octanol–water partition coefficient (Wildman–Crippen LogP) is -0.292. The average Bonchev–Trinajstić information content (AvgIpc) is 3.05. The third-order valence-corrected chi connectivity index (χ3v) is 3.79. The normalized spacial score (nSPS) is 13.0.